The quantitative estimate of drug-likeness (QED) is 0.482. The maximum absolute atomic E-state index is 10.8. The molecule has 25 heavy (non-hydrogen) atoms. The number of hydrogen-bond donors (Lipinski definition) is 1. The van der Waals surface area contributed by atoms with Crippen LogP contribution in [0.25, 0.3) is 0 Å². The zero-order chi connectivity index (χ0) is 17.9. The van der Waals surface area contributed by atoms with Crippen LogP contribution >= 0.6 is 0 Å². The van der Waals surface area contributed by atoms with Gasteiger partial charge in [0.1, 0.15) is 11.4 Å². The van der Waals surface area contributed by atoms with Crippen LogP contribution in [0.4, 0.5) is 5.69 Å². The van der Waals surface area contributed by atoms with Crippen molar-refractivity contribution in [3.63, 3.8) is 0 Å². The molecule has 5 nitrogen and oxygen atoms in total. The second-order valence-corrected chi connectivity index (χ2v) is 6.45. The predicted octanol–water partition coefficient (Wildman–Crippen LogP) is 4.36. The number of aryl methyl sites for hydroxylation is 1. The molecule has 1 heterocycles. The van der Waals surface area contributed by atoms with Crippen molar-refractivity contribution in [3.05, 3.63) is 82.4 Å². The average Bonchev–Trinajstić information content (AvgIpc) is 2.62. The largest absolute Gasteiger partial charge is 0.487 e. The summed E-state index contributed by atoms with van der Waals surface area (Å²) in [6.45, 7) is 3.83. The molecule has 1 N–H and O–H groups in total. The number of para-hydroxylation sites is 1. The van der Waals surface area contributed by atoms with Gasteiger partial charge in [0.15, 0.2) is 0 Å². The van der Waals surface area contributed by atoms with Gasteiger partial charge in [-0.2, -0.15) is 0 Å². The summed E-state index contributed by atoms with van der Waals surface area (Å²) in [5.74, 6) is 0.853. The van der Waals surface area contributed by atoms with E-state index >= 15 is 0 Å². The minimum Gasteiger partial charge on any atom is -0.487 e. The van der Waals surface area contributed by atoms with Crippen molar-refractivity contribution in [2.75, 3.05) is 0 Å². The third-order valence-corrected chi connectivity index (χ3v) is 4.72. The number of nitrogens with zero attached hydrogens (tertiary/aromatic N) is 1. The molecule has 2 unspecified atom stereocenters. The molecule has 130 valence electrons. The molecular formula is C20H21NO4. The van der Waals surface area contributed by atoms with Crippen molar-refractivity contribution in [3.8, 4) is 5.75 Å². The Hall–Kier alpha value is -2.66. The number of hydrogen-bond acceptors (Lipinski definition) is 4. The van der Waals surface area contributed by atoms with Crippen molar-refractivity contribution in [2.45, 2.75) is 37.4 Å². The molecule has 0 saturated heterocycles. The third kappa shape index (κ3) is 3.72. The Labute approximate surface area is 146 Å². The molecule has 0 saturated carbocycles. The Bertz CT molecular complexity index is 772. The molecular weight excluding hydrogens is 318 g/mol. The summed E-state index contributed by atoms with van der Waals surface area (Å²) in [5.41, 5.74) is 1.32. The Morgan fingerprint density at radius 3 is 2.68 bits per heavy atom. The van der Waals surface area contributed by atoms with Gasteiger partial charge in [-0.05, 0) is 42.2 Å². The van der Waals surface area contributed by atoms with E-state index in [0.717, 1.165) is 18.6 Å². The van der Waals surface area contributed by atoms with Crippen molar-refractivity contribution < 1.29 is 14.8 Å². The van der Waals surface area contributed by atoms with E-state index in [4.69, 9.17) is 4.74 Å². The lowest BCUT2D eigenvalue weighted by Gasteiger charge is -2.39. The van der Waals surface area contributed by atoms with Crippen molar-refractivity contribution >= 4 is 5.69 Å². The molecule has 0 fully saturated rings. The number of fused-ring (bicyclic) bond motifs is 1. The fraction of sp³-hybridized carbons (Fsp3) is 0.300. The second-order valence-electron chi connectivity index (χ2n) is 6.45. The summed E-state index contributed by atoms with van der Waals surface area (Å²) in [5, 5.41) is 21.4. The first-order valence-corrected chi connectivity index (χ1v) is 8.33. The minimum absolute atomic E-state index is 0.0135. The molecule has 0 aliphatic carbocycles. The van der Waals surface area contributed by atoms with Gasteiger partial charge in [0.2, 0.25) is 0 Å². The maximum Gasteiger partial charge on any atom is 0.269 e. The van der Waals surface area contributed by atoms with Gasteiger partial charge in [-0.1, -0.05) is 24.3 Å². The van der Waals surface area contributed by atoms with Crippen LogP contribution in [0.1, 0.15) is 36.5 Å². The predicted molar refractivity (Wildman–Crippen MR) is 95.6 cm³/mol. The SMILES string of the molecule is C=CCC1(CC(O)c2ccc([N+](=O)[O-])cc2)CCc2ccccc2O1. The summed E-state index contributed by atoms with van der Waals surface area (Å²) >= 11 is 0. The van der Waals surface area contributed by atoms with Crippen LogP contribution in [0.15, 0.2) is 61.2 Å². The lowest BCUT2D eigenvalue weighted by atomic mass is 9.82. The van der Waals surface area contributed by atoms with Gasteiger partial charge >= 0.3 is 0 Å². The van der Waals surface area contributed by atoms with Crippen LogP contribution < -0.4 is 4.74 Å². The summed E-state index contributed by atoms with van der Waals surface area (Å²) < 4.78 is 6.27. The number of ether oxygens (including phenoxy) is 1. The number of benzene rings is 2. The first-order chi connectivity index (χ1) is 12.0. The molecule has 0 aromatic heterocycles. The van der Waals surface area contributed by atoms with E-state index in [1.54, 1.807) is 12.1 Å². The van der Waals surface area contributed by atoms with E-state index in [9.17, 15) is 15.2 Å². The van der Waals surface area contributed by atoms with Gasteiger partial charge in [-0.15, -0.1) is 6.58 Å². The van der Waals surface area contributed by atoms with Crippen LogP contribution in [0, 0.1) is 10.1 Å². The van der Waals surface area contributed by atoms with Crippen LogP contribution in [0.2, 0.25) is 0 Å². The first kappa shape index (κ1) is 17.2. The highest BCUT2D eigenvalue weighted by molar-refractivity contribution is 5.37. The third-order valence-electron chi connectivity index (χ3n) is 4.72. The maximum atomic E-state index is 10.8. The van der Waals surface area contributed by atoms with Gasteiger partial charge in [0.05, 0.1) is 11.0 Å². The zero-order valence-corrected chi connectivity index (χ0v) is 13.9. The molecule has 5 heteroatoms. The topological polar surface area (TPSA) is 72.6 Å². The van der Waals surface area contributed by atoms with Gasteiger partial charge in [-0.25, -0.2) is 0 Å². The number of nitro groups is 1. The Morgan fingerprint density at radius 2 is 2.00 bits per heavy atom. The van der Waals surface area contributed by atoms with E-state index in [2.05, 4.69) is 12.6 Å². The molecule has 1 aliphatic heterocycles. The number of nitro benzene ring substituents is 1. The molecule has 2 aromatic carbocycles. The standard InChI is InChI=1S/C20H21NO4/c1-2-12-20(13-11-16-5-3-4-6-19(16)25-20)14-18(22)15-7-9-17(10-8-15)21(23)24/h2-10,18,22H,1,11-14H2. The van der Waals surface area contributed by atoms with Crippen molar-refractivity contribution in [1.29, 1.82) is 0 Å². The highest BCUT2D eigenvalue weighted by Gasteiger charge is 2.37. The molecule has 3 rings (SSSR count). The van der Waals surface area contributed by atoms with Crippen LogP contribution in [0.5, 0.6) is 5.75 Å². The summed E-state index contributed by atoms with van der Waals surface area (Å²) in [6, 6.07) is 14.0. The molecule has 1 aliphatic rings. The number of aliphatic hydroxyl groups is 1. The van der Waals surface area contributed by atoms with E-state index in [1.165, 1.54) is 17.7 Å². The van der Waals surface area contributed by atoms with Crippen LogP contribution in [-0.4, -0.2) is 15.6 Å². The highest BCUT2D eigenvalue weighted by atomic mass is 16.6. The Morgan fingerprint density at radius 1 is 1.28 bits per heavy atom. The minimum atomic E-state index is -0.758. The van der Waals surface area contributed by atoms with Crippen LogP contribution in [0.3, 0.4) is 0 Å². The second kappa shape index (κ2) is 7.07. The number of non-ortho nitro benzene ring substituents is 1. The molecule has 0 spiro atoms. The molecule has 2 aromatic rings. The van der Waals surface area contributed by atoms with E-state index in [0.29, 0.717) is 18.4 Å². The molecule has 0 radical (unpaired) electrons. The smallest absolute Gasteiger partial charge is 0.269 e. The summed E-state index contributed by atoms with van der Waals surface area (Å²) in [4.78, 5) is 10.3. The van der Waals surface area contributed by atoms with Crippen LogP contribution in [-0.2, 0) is 6.42 Å². The number of rotatable bonds is 6. The Balaban J connectivity index is 1.80. The van der Waals surface area contributed by atoms with Gasteiger partial charge in [0.25, 0.3) is 5.69 Å². The number of aliphatic hydroxyl groups excluding tert-OH is 1. The Kier molecular flexibility index (Phi) is 4.86. The summed E-state index contributed by atoms with van der Waals surface area (Å²) in [7, 11) is 0. The van der Waals surface area contributed by atoms with Crippen molar-refractivity contribution in [2.24, 2.45) is 0 Å². The van der Waals surface area contributed by atoms with Crippen molar-refractivity contribution in [1.82, 2.24) is 0 Å². The summed E-state index contributed by atoms with van der Waals surface area (Å²) in [6.07, 6.45) is 3.77. The van der Waals surface area contributed by atoms with Gasteiger partial charge in [-0.3, -0.25) is 10.1 Å². The average molecular weight is 339 g/mol. The fourth-order valence-electron chi connectivity index (χ4n) is 3.38. The monoisotopic (exact) mass is 339 g/mol. The first-order valence-electron chi connectivity index (χ1n) is 8.33. The molecule has 0 bridgehead atoms. The normalized spacial score (nSPS) is 20.2. The lowest BCUT2D eigenvalue weighted by Crippen LogP contribution is -2.40. The zero-order valence-electron chi connectivity index (χ0n) is 13.9. The van der Waals surface area contributed by atoms with Gasteiger partial charge in [0, 0.05) is 25.0 Å². The van der Waals surface area contributed by atoms with Gasteiger partial charge < -0.3 is 9.84 Å². The lowest BCUT2D eigenvalue weighted by molar-refractivity contribution is -0.384. The highest BCUT2D eigenvalue weighted by Crippen LogP contribution is 2.40. The van der Waals surface area contributed by atoms with E-state index in [1.807, 2.05) is 24.3 Å². The van der Waals surface area contributed by atoms with E-state index < -0.39 is 16.6 Å². The van der Waals surface area contributed by atoms with E-state index in [-0.39, 0.29) is 5.69 Å². The fourth-order valence-corrected chi connectivity index (χ4v) is 3.38. The molecule has 2 atom stereocenters. The molecule has 0 amide bonds.